The number of thioether (sulfide) groups is 1. The summed E-state index contributed by atoms with van der Waals surface area (Å²) >= 11 is 1.06. The monoisotopic (exact) mass is 605 g/mol. The number of benzene rings is 2. The number of sulfonamides is 2. The second kappa shape index (κ2) is 12.0. The molecular weight excluding hydrogens is 575 g/mol. The molecule has 0 bridgehead atoms. The molecule has 2 aliphatic heterocycles. The van der Waals surface area contributed by atoms with Gasteiger partial charge in [-0.25, -0.2) is 16.8 Å². The number of hydrogen-bond donors (Lipinski definition) is 1. The van der Waals surface area contributed by atoms with Gasteiger partial charge in [-0.05, 0) is 80.1 Å². The van der Waals surface area contributed by atoms with E-state index < -0.39 is 20.0 Å². The molecule has 2 aromatic carbocycles. The van der Waals surface area contributed by atoms with E-state index in [4.69, 9.17) is 4.42 Å². The van der Waals surface area contributed by atoms with Crippen LogP contribution in [0.25, 0.3) is 11.5 Å². The Bertz CT molecular complexity index is 1540. The molecule has 2 saturated heterocycles. The van der Waals surface area contributed by atoms with E-state index in [1.807, 2.05) is 0 Å². The minimum atomic E-state index is -3.55. The van der Waals surface area contributed by atoms with E-state index in [0.29, 0.717) is 43.3 Å². The summed E-state index contributed by atoms with van der Waals surface area (Å²) < 4.78 is 59.8. The highest BCUT2D eigenvalue weighted by Crippen LogP contribution is 2.27. The van der Waals surface area contributed by atoms with Crippen molar-refractivity contribution in [3.05, 3.63) is 48.5 Å². The van der Waals surface area contributed by atoms with Gasteiger partial charge >= 0.3 is 0 Å². The van der Waals surface area contributed by atoms with Crippen molar-refractivity contribution in [3.8, 4) is 11.5 Å². The number of carbonyl (C=O) groups is 1. The number of hydrogen-bond acceptors (Lipinski definition) is 9. The number of aromatic nitrogens is 2. The van der Waals surface area contributed by atoms with Gasteiger partial charge < -0.3 is 9.73 Å². The zero-order chi connectivity index (χ0) is 28.3. The number of nitrogens with zero attached hydrogens (tertiary/aromatic N) is 4. The van der Waals surface area contributed by atoms with Crippen molar-refractivity contribution < 1.29 is 26.0 Å². The van der Waals surface area contributed by atoms with E-state index in [-0.39, 0.29) is 32.6 Å². The summed E-state index contributed by atoms with van der Waals surface area (Å²) in [5.74, 6) is 0.424. The van der Waals surface area contributed by atoms with Gasteiger partial charge in [0.05, 0.1) is 15.5 Å². The van der Waals surface area contributed by atoms with Gasteiger partial charge in [-0.3, -0.25) is 4.79 Å². The van der Waals surface area contributed by atoms with E-state index in [0.717, 1.165) is 37.4 Å². The molecule has 14 heteroatoms. The van der Waals surface area contributed by atoms with Crippen LogP contribution < -0.4 is 5.32 Å². The summed E-state index contributed by atoms with van der Waals surface area (Å²) in [5, 5.41) is 10.9. The van der Waals surface area contributed by atoms with Crippen LogP contribution in [0.3, 0.4) is 0 Å². The maximum Gasteiger partial charge on any atom is 0.277 e. The van der Waals surface area contributed by atoms with Gasteiger partial charge in [-0.2, -0.15) is 8.61 Å². The summed E-state index contributed by atoms with van der Waals surface area (Å²) in [4.78, 5) is 12.9. The minimum Gasteiger partial charge on any atom is -0.411 e. The lowest BCUT2D eigenvalue weighted by molar-refractivity contribution is -0.113. The van der Waals surface area contributed by atoms with Gasteiger partial charge in [0, 0.05) is 37.4 Å². The van der Waals surface area contributed by atoms with E-state index in [9.17, 15) is 21.6 Å². The Balaban J connectivity index is 1.14. The van der Waals surface area contributed by atoms with Crippen LogP contribution >= 0.6 is 11.8 Å². The molecule has 214 valence electrons. The summed E-state index contributed by atoms with van der Waals surface area (Å²) in [6.07, 6.45) is 3.43. The summed E-state index contributed by atoms with van der Waals surface area (Å²) in [6.45, 7) is 4.23. The van der Waals surface area contributed by atoms with Gasteiger partial charge in [-0.1, -0.05) is 18.7 Å². The van der Waals surface area contributed by atoms with Gasteiger partial charge in [0.1, 0.15) is 0 Å². The quantitative estimate of drug-likeness (QED) is 0.361. The van der Waals surface area contributed by atoms with Crippen LogP contribution in [0.4, 0.5) is 5.69 Å². The number of anilines is 1. The second-order valence-corrected chi connectivity index (χ2v) is 14.8. The molecule has 1 N–H and O–H groups in total. The lowest BCUT2D eigenvalue weighted by atomic mass is 10.0. The number of nitrogens with one attached hydrogen (secondary N) is 1. The Kier molecular flexibility index (Phi) is 8.61. The molecular formula is C26H31N5O6S3. The second-order valence-electron chi connectivity index (χ2n) is 9.96. The van der Waals surface area contributed by atoms with Crippen molar-refractivity contribution in [2.24, 2.45) is 5.92 Å². The highest BCUT2D eigenvalue weighted by molar-refractivity contribution is 7.99. The van der Waals surface area contributed by atoms with Crippen molar-refractivity contribution in [1.29, 1.82) is 0 Å². The van der Waals surface area contributed by atoms with Crippen molar-refractivity contribution in [1.82, 2.24) is 18.8 Å². The first-order chi connectivity index (χ1) is 19.1. The molecule has 2 fully saturated rings. The Labute approximate surface area is 238 Å². The highest BCUT2D eigenvalue weighted by Gasteiger charge is 2.28. The van der Waals surface area contributed by atoms with E-state index in [2.05, 4.69) is 22.4 Å². The maximum atomic E-state index is 12.9. The van der Waals surface area contributed by atoms with Crippen molar-refractivity contribution in [2.45, 2.75) is 47.6 Å². The number of carbonyl (C=O) groups excluding carboxylic acids is 1. The molecule has 1 amide bonds. The predicted molar refractivity (Wildman–Crippen MR) is 151 cm³/mol. The molecule has 40 heavy (non-hydrogen) atoms. The van der Waals surface area contributed by atoms with Crippen LogP contribution in [0.1, 0.15) is 32.6 Å². The molecule has 3 aromatic rings. The van der Waals surface area contributed by atoms with Gasteiger partial charge in [0.2, 0.25) is 31.8 Å². The Hall–Kier alpha value is -2.78. The van der Waals surface area contributed by atoms with Crippen LogP contribution in [0.5, 0.6) is 0 Å². The molecule has 2 aliphatic rings. The average molecular weight is 606 g/mol. The number of rotatable bonds is 9. The third kappa shape index (κ3) is 6.41. The van der Waals surface area contributed by atoms with Crippen LogP contribution in [0.2, 0.25) is 0 Å². The summed E-state index contributed by atoms with van der Waals surface area (Å²) in [5.41, 5.74) is 1.05. The number of amides is 1. The van der Waals surface area contributed by atoms with Crippen molar-refractivity contribution in [3.63, 3.8) is 0 Å². The fourth-order valence-electron chi connectivity index (χ4n) is 4.64. The van der Waals surface area contributed by atoms with E-state index in [1.165, 1.54) is 32.9 Å². The molecule has 0 radical (unpaired) electrons. The topological polar surface area (TPSA) is 143 Å². The van der Waals surface area contributed by atoms with E-state index >= 15 is 0 Å². The first kappa shape index (κ1) is 28.7. The smallest absolute Gasteiger partial charge is 0.277 e. The standard InChI is InChI=1S/C26H31N5O6S3/c1-19-12-16-31(17-13-19)40(35,36)23-10-6-21(7-11-23)27-24(32)18-38-26-29-28-25(37-26)20-4-8-22(9-5-20)39(33,34)30-14-2-3-15-30/h4-11,19H,2-3,12-18H2,1H3,(H,27,32). The molecule has 0 spiro atoms. The third-order valence-electron chi connectivity index (χ3n) is 7.06. The third-order valence-corrected chi connectivity index (χ3v) is 11.7. The van der Waals surface area contributed by atoms with Gasteiger partial charge in [0.25, 0.3) is 5.22 Å². The van der Waals surface area contributed by atoms with Crippen molar-refractivity contribution in [2.75, 3.05) is 37.2 Å². The minimum absolute atomic E-state index is 0.000656. The van der Waals surface area contributed by atoms with Crippen molar-refractivity contribution >= 4 is 43.4 Å². The Morgan fingerprint density at radius 3 is 2.02 bits per heavy atom. The molecule has 0 saturated carbocycles. The van der Waals surface area contributed by atoms with Gasteiger partial charge in [0.15, 0.2) is 0 Å². The zero-order valence-corrected chi connectivity index (χ0v) is 24.5. The van der Waals surface area contributed by atoms with Crippen LogP contribution in [0, 0.1) is 5.92 Å². The lowest BCUT2D eigenvalue weighted by Gasteiger charge is -2.29. The summed E-state index contributed by atoms with van der Waals surface area (Å²) in [6, 6.07) is 12.4. The highest BCUT2D eigenvalue weighted by atomic mass is 32.2. The zero-order valence-electron chi connectivity index (χ0n) is 22.0. The molecule has 5 rings (SSSR count). The molecule has 1 aromatic heterocycles. The molecule has 0 unspecified atom stereocenters. The largest absolute Gasteiger partial charge is 0.411 e. The van der Waals surface area contributed by atoms with Crippen LogP contribution in [-0.2, 0) is 24.8 Å². The molecule has 0 atom stereocenters. The predicted octanol–water partition coefficient (Wildman–Crippen LogP) is 3.67. The van der Waals surface area contributed by atoms with Crippen LogP contribution in [0.15, 0.2) is 68.0 Å². The van der Waals surface area contributed by atoms with Gasteiger partial charge in [-0.15, -0.1) is 10.2 Å². The SMILES string of the molecule is CC1CCN(S(=O)(=O)c2ccc(NC(=O)CSc3nnc(-c4ccc(S(=O)(=O)N5CCCC5)cc4)o3)cc2)CC1. The number of piperidine rings is 1. The normalized spacial score (nSPS) is 17.7. The maximum absolute atomic E-state index is 12.9. The fraction of sp³-hybridized carbons (Fsp3) is 0.423. The summed E-state index contributed by atoms with van der Waals surface area (Å²) in [7, 11) is -7.06. The van der Waals surface area contributed by atoms with Crippen LogP contribution in [-0.4, -0.2) is 73.5 Å². The molecule has 0 aliphatic carbocycles. The first-order valence-electron chi connectivity index (χ1n) is 13.1. The van der Waals surface area contributed by atoms with E-state index in [1.54, 1.807) is 24.3 Å². The average Bonchev–Trinajstić information content (AvgIpc) is 3.66. The Morgan fingerprint density at radius 1 is 0.875 bits per heavy atom. The molecule has 3 heterocycles. The molecule has 11 nitrogen and oxygen atoms in total. The first-order valence-corrected chi connectivity index (χ1v) is 17.0. The fourth-order valence-corrected chi connectivity index (χ4v) is 8.19. The lowest BCUT2D eigenvalue weighted by Crippen LogP contribution is -2.37. The Morgan fingerprint density at radius 2 is 1.43 bits per heavy atom.